The monoisotopic (exact) mass is 137 g/mol. The Bertz CT molecular complexity index is 155. The van der Waals surface area contributed by atoms with Crippen molar-refractivity contribution in [3.8, 4) is 0 Å². The van der Waals surface area contributed by atoms with E-state index in [-0.39, 0.29) is 0 Å². The number of hydrogen-bond acceptors (Lipinski definition) is 2. The number of rotatable bonds is 3. The summed E-state index contributed by atoms with van der Waals surface area (Å²) >= 11 is 0. The van der Waals surface area contributed by atoms with Crippen LogP contribution < -0.4 is 5.73 Å². The highest BCUT2D eigenvalue weighted by Gasteiger charge is 2.11. The maximum absolute atomic E-state index is 10.3. The van der Waals surface area contributed by atoms with E-state index in [0.29, 0.717) is 0 Å². The summed E-state index contributed by atoms with van der Waals surface area (Å²) in [7, 11) is 0. The fraction of sp³-hybridized carbons (Fsp3) is 0.833. The van der Waals surface area contributed by atoms with Gasteiger partial charge in [-0.05, 0) is 12.3 Å². The highest BCUT2D eigenvalue weighted by Crippen LogP contribution is 2.01. The lowest BCUT2D eigenvalue weighted by Gasteiger charge is -2.07. The van der Waals surface area contributed by atoms with Gasteiger partial charge in [-0.2, -0.15) is 0 Å². The SMILES string of the molecule is [2H][12C@H]([13C@H]([15NH2])[13C](=O)O)[13C]([2H])(C)C. The van der Waals surface area contributed by atoms with Crippen molar-refractivity contribution in [2.75, 3.05) is 0 Å². The predicted octanol–water partition coefficient (Wildman–Crippen LogP) is 0.444. The maximum Gasteiger partial charge on any atom is 0.320 e. The van der Waals surface area contributed by atoms with E-state index in [0.717, 1.165) is 0 Å². The molecule has 0 radical (unpaired) electrons. The molecule has 3 heteroatoms. The third-order valence-corrected chi connectivity index (χ3v) is 0.798. The van der Waals surface area contributed by atoms with Gasteiger partial charge in [0.05, 0.1) is 0 Å². The summed E-state index contributed by atoms with van der Waals surface area (Å²) in [5.41, 5.74) is 5.14. The van der Waals surface area contributed by atoms with E-state index >= 15 is 0 Å². The summed E-state index contributed by atoms with van der Waals surface area (Å²) in [6, 6.07) is -1.28. The molecule has 0 fully saturated rings. The first kappa shape index (κ1) is 5.23. The molecule has 2 atom stereocenters. The second kappa shape index (κ2) is 3.45. The van der Waals surface area contributed by atoms with E-state index in [1.807, 2.05) is 0 Å². The molecule has 0 aromatic heterocycles. The Morgan fingerprint density at radius 1 is 2.00 bits per heavy atom. The van der Waals surface area contributed by atoms with Gasteiger partial charge in [-0.1, -0.05) is 13.8 Å². The zero-order chi connectivity index (χ0) is 9.23. The Balaban J connectivity index is 4.25. The van der Waals surface area contributed by atoms with Crippen molar-refractivity contribution in [2.45, 2.75) is 26.3 Å². The minimum Gasteiger partial charge on any atom is -0.480 e. The van der Waals surface area contributed by atoms with Crippen LogP contribution in [0.25, 0.3) is 0 Å². The molecule has 0 aromatic carbocycles. The van der Waals surface area contributed by atoms with Gasteiger partial charge in [0.25, 0.3) is 0 Å². The fourth-order valence-corrected chi connectivity index (χ4v) is 0.430. The van der Waals surface area contributed by atoms with Gasteiger partial charge < -0.3 is 10.8 Å². The van der Waals surface area contributed by atoms with Crippen LogP contribution in [0.15, 0.2) is 0 Å². The van der Waals surface area contributed by atoms with Gasteiger partial charge in [0, 0.05) is 2.74 Å². The van der Waals surface area contributed by atoms with Crippen LogP contribution in [0, 0.1) is 5.89 Å². The van der Waals surface area contributed by atoms with Crippen molar-refractivity contribution in [1.29, 1.82) is 0 Å². The number of aliphatic carboxylic acids is 1. The van der Waals surface area contributed by atoms with Crippen LogP contribution in [0.3, 0.4) is 0 Å². The molecular weight excluding hydrogens is 122 g/mol. The second-order valence-electron chi connectivity index (χ2n) is 2.11. The third kappa shape index (κ3) is 3.97. The zero-order valence-corrected chi connectivity index (χ0v) is 5.59. The molecule has 3 nitrogen and oxygen atoms in total. The number of hydrogen-bond donors (Lipinski definition) is 2. The van der Waals surface area contributed by atoms with Crippen molar-refractivity contribution in [3.05, 3.63) is 0 Å². The zero-order valence-electron chi connectivity index (χ0n) is 7.59. The number of nitrogens with two attached hydrogens (primary N) is 1. The fourth-order valence-electron chi connectivity index (χ4n) is 0.430. The first-order valence-electron chi connectivity index (χ1n) is 3.75. The Kier molecular flexibility index (Phi) is 2.01. The topological polar surface area (TPSA) is 63.3 Å². The van der Waals surface area contributed by atoms with Gasteiger partial charge in [0.1, 0.15) is 6.04 Å². The summed E-state index contributed by atoms with van der Waals surface area (Å²) in [5.74, 6) is -2.36. The van der Waals surface area contributed by atoms with E-state index in [2.05, 4.69) is 0 Å². The quantitative estimate of drug-likeness (QED) is 0.438. The summed E-state index contributed by atoms with van der Waals surface area (Å²) in [6.45, 7) is 2.93. The van der Waals surface area contributed by atoms with Gasteiger partial charge in [0.2, 0.25) is 0 Å². The Morgan fingerprint density at radius 2 is 2.44 bits per heavy atom. The molecule has 0 rings (SSSR count). The van der Waals surface area contributed by atoms with Crippen molar-refractivity contribution in [1.82, 2.24) is 0 Å². The highest BCUT2D eigenvalue weighted by atomic mass is 16.5. The number of carbonyl (C=O) groups is 1. The van der Waals surface area contributed by atoms with E-state index in [1.54, 1.807) is 0 Å². The first-order chi connectivity index (χ1) is 4.76. The molecule has 0 aliphatic heterocycles. The van der Waals surface area contributed by atoms with Crippen LogP contribution in [-0.2, 0) is 4.79 Å². The average molecular weight is 137 g/mol. The summed E-state index contributed by atoms with van der Waals surface area (Å²) in [5, 5.41) is 8.39. The molecule has 0 amide bonds. The largest absolute Gasteiger partial charge is 0.480 e. The van der Waals surface area contributed by atoms with Crippen LogP contribution in [0.2, 0.25) is 0 Å². The van der Waals surface area contributed by atoms with E-state index in [1.165, 1.54) is 13.8 Å². The number of carboxylic acids is 1. The molecule has 9 heavy (non-hydrogen) atoms. The minimum absolute atomic E-state index is 1.10. The lowest BCUT2D eigenvalue weighted by Crippen LogP contribution is -2.31. The standard InChI is InChI=1S/C6H13NO2/c1-4(2)3-5(7)6(8)9/h4-5H,3,7H2,1-2H3,(H,8,9)/t5-/m0/s1/i3+0D,4+1D,5+1,6+1,7+1/t3-,5-. The summed E-state index contributed by atoms with van der Waals surface area (Å²) in [4.78, 5) is 10.3. The van der Waals surface area contributed by atoms with Gasteiger partial charge in [-0.25, -0.2) is 0 Å². The van der Waals surface area contributed by atoms with Crippen LogP contribution in [0.4, 0.5) is 0 Å². The van der Waals surface area contributed by atoms with E-state index in [9.17, 15) is 4.79 Å². The molecule has 0 spiro atoms. The molecular formula is C6H13NO2. The van der Waals surface area contributed by atoms with Crippen LogP contribution in [0.5, 0.6) is 0 Å². The molecule has 0 aliphatic carbocycles. The van der Waals surface area contributed by atoms with Gasteiger partial charge in [-0.15, -0.1) is 0 Å². The van der Waals surface area contributed by atoms with Crippen molar-refractivity contribution in [2.24, 2.45) is 11.6 Å². The van der Waals surface area contributed by atoms with Gasteiger partial charge in [0.15, 0.2) is 0 Å². The first-order valence-corrected chi connectivity index (χ1v) is 2.67. The van der Waals surface area contributed by atoms with Crippen molar-refractivity contribution in [3.63, 3.8) is 0 Å². The normalized spacial score (nSPS) is 21.7. The second-order valence-corrected chi connectivity index (χ2v) is 2.11. The summed E-state index contributed by atoms with van der Waals surface area (Å²) in [6.07, 6.45) is -1.10. The smallest absolute Gasteiger partial charge is 0.320 e. The number of carboxylic acid groups (broad SMARTS) is 1. The third-order valence-electron chi connectivity index (χ3n) is 0.798. The van der Waals surface area contributed by atoms with Crippen LogP contribution in [0.1, 0.15) is 23.0 Å². The van der Waals surface area contributed by atoms with E-state index in [4.69, 9.17) is 13.6 Å². The molecule has 0 aromatic rings. The lowest BCUT2D eigenvalue weighted by molar-refractivity contribution is -0.138. The van der Waals surface area contributed by atoms with E-state index < -0.39 is 24.3 Å². The molecule has 0 saturated heterocycles. The van der Waals surface area contributed by atoms with Gasteiger partial charge in [-0.3, -0.25) is 4.79 Å². The summed E-state index contributed by atoms with van der Waals surface area (Å²) < 4.78 is 14.6. The molecule has 0 saturated carbocycles. The van der Waals surface area contributed by atoms with Crippen molar-refractivity contribution < 1.29 is 12.6 Å². The van der Waals surface area contributed by atoms with Gasteiger partial charge >= 0.3 is 5.97 Å². The molecule has 0 unspecified atom stereocenters. The van der Waals surface area contributed by atoms with Crippen molar-refractivity contribution >= 4 is 5.97 Å². The molecule has 3 N–H and O–H groups in total. The predicted molar refractivity (Wildman–Crippen MR) is 35.1 cm³/mol. The minimum atomic E-state index is -1.28. The lowest BCUT2D eigenvalue weighted by atomic mass is 10.5. The molecule has 0 heterocycles. The Hall–Kier alpha value is -0.570. The molecule has 0 aliphatic rings. The Labute approximate surface area is 57.7 Å². The van der Waals surface area contributed by atoms with Crippen LogP contribution in [-0.4, -0.2) is 17.1 Å². The highest BCUT2D eigenvalue weighted by molar-refractivity contribution is 5.72. The molecule has 54 valence electrons. The Morgan fingerprint density at radius 3 is 2.56 bits per heavy atom. The molecule has 0 bridgehead atoms. The maximum atomic E-state index is 10.3. The van der Waals surface area contributed by atoms with Crippen LogP contribution >= 0.6 is 0 Å². The average Bonchev–Trinajstić information content (AvgIpc) is 1.82.